The van der Waals surface area contributed by atoms with Crippen LogP contribution in [0.2, 0.25) is 0 Å². The molecule has 0 unspecified atom stereocenters. The monoisotopic (exact) mass is 582 g/mol. The Bertz CT molecular complexity index is 963. The topological polar surface area (TPSA) is 26.3 Å². The van der Waals surface area contributed by atoms with Crippen LogP contribution in [0.3, 0.4) is 0 Å². The van der Waals surface area contributed by atoms with E-state index >= 15 is 0 Å². The normalized spacial score (nSPS) is 38.2. The Balaban J connectivity index is 1.44. The molecule has 4 aliphatic carbocycles. The summed E-state index contributed by atoms with van der Waals surface area (Å²) in [5.74, 6) is 4.88. The summed E-state index contributed by atoms with van der Waals surface area (Å²) in [6.45, 7) is 14.7. The lowest BCUT2D eigenvalue weighted by atomic mass is 9.47. The first-order chi connectivity index (χ1) is 17.9. The van der Waals surface area contributed by atoms with Gasteiger partial charge in [0.1, 0.15) is 10.6 Å². The molecule has 0 bridgehead atoms. The molecule has 4 rings (SSSR count). The summed E-state index contributed by atoms with van der Waals surface area (Å²) < 4.78 is 5.74. The van der Waals surface area contributed by atoms with Gasteiger partial charge in [-0.15, -0.1) is 0 Å². The second kappa shape index (κ2) is 12.2. The minimum absolute atomic E-state index is 0.0625. The number of hydrogen-bond acceptors (Lipinski definition) is 2. The van der Waals surface area contributed by atoms with Crippen LogP contribution in [-0.4, -0.2) is 12.1 Å². The van der Waals surface area contributed by atoms with Crippen molar-refractivity contribution in [1.29, 1.82) is 0 Å². The average Bonchev–Trinajstić information content (AvgIpc) is 3.21. The SMILES string of the molecule is CC[C@H](/C=C/[C@@H](C)[C@H]1CC[C@@H]2[C@@H]3CC=C4C[C@@H](OC(=O)CC(Cl)=C(Cl)Cl)CC[C@]4(C)[C@H]3CC[C@@]21C)C(C)C. The van der Waals surface area contributed by atoms with Crippen molar-refractivity contribution in [3.8, 4) is 0 Å². The smallest absolute Gasteiger partial charge is 0.311 e. The molecule has 4 aliphatic rings. The van der Waals surface area contributed by atoms with Gasteiger partial charge in [-0.2, -0.15) is 0 Å². The van der Waals surface area contributed by atoms with Crippen molar-refractivity contribution in [2.45, 2.75) is 112 Å². The van der Waals surface area contributed by atoms with Crippen molar-refractivity contribution in [3.05, 3.63) is 33.3 Å². The van der Waals surface area contributed by atoms with E-state index in [9.17, 15) is 4.79 Å². The van der Waals surface area contributed by atoms with Crippen LogP contribution in [0.25, 0.3) is 0 Å². The number of hydrogen-bond donors (Lipinski definition) is 0. The average molecular weight is 584 g/mol. The molecule has 0 N–H and O–H groups in total. The molecular formula is C33H49Cl3O2. The maximum atomic E-state index is 12.4. The lowest BCUT2D eigenvalue weighted by Crippen LogP contribution is -2.51. The maximum absolute atomic E-state index is 12.4. The van der Waals surface area contributed by atoms with Gasteiger partial charge >= 0.3 is 5.97 Å². The van der Waals surface area contributed by atoms with E-state index in [1.54, 1.807) is 0 Å². The largest absolute Gasteiger partial charge is 0.462 e. The summed E-state index contributed by atoms with van der Waals surface area (Å²) in [5, 5.41) is 0.147. The van der Waals surface area contributed by atoms with Crippen LogP contribution in [0.5, 0.6) is 0 Å². The molecule has 9 atom stereocenters. The molecule has 0 radical (unpaired) electrons. The highest BCUT2D eigenvalue weighted by molar-refractivity contribution is 6.59. The van der Waals surface area contributed by atoms with Gasteiger partial charge in [0, 0.05) is 6.42 Å². The van der Waals surface area contributed by atoms with Crippen LogP contribution in [0.1, 0.15) is 106 Å². The van der Waals surface area contributed by atoms with Gasteiger partial charge in [0.15, 0.2) is 0 Å². The third kappa shape index (κ3) is 5.94. The van der Waals surface area contributed by atoms with E-state index in [0.29, 0.717) is 23.2 Å². The highest BCUT2D eigenvalue weighted by Crippen LogP contribution is 2.67. The van der Waals surface area contributed by atoms with Crippen molar-refractivity contribution in [1.82, 2.24) is 0 Å². The Morgan fingerprint density at radius 2 is 1.79 bits per heavy atom. The van der Waals surface area contributed by atoms with Gasteiger partial charge in [-0.3, -0.25) is 4.79 Å². The van der Waals surface area contributed by atoms with Crippen molar-refractivity contribution in [2.75, 3.05) is 0 Å². The van der Waals surface area contributed by atoms with E-state index in [1.807, 2.05) is 0 Å². The van der Waals surface area contributed by atoms with Crippen LogP contribution in [0.4, 0.5) is 0 Å². The molecule has 0 aromatic carbocycles. The Morgan fingerprint density at radius 3 is 2.45 bits per heavy atom. The number of fused-ring (bicyclic) bond motifs is 5. The first-order valence-electron chi connectivity index (χ1n) is 15.2. The molecule has 0 aromatic rings. The number of halogens is 3. The molecule has 38 heavy (non-hydrogen) atoms. The molecule has 0 aliphatic heterocycles. The zero-order valence-electron chi connectivity index (χ0n) is 24.4. The van der Waals surface area contributed by atoms with Gasteiger partial charge in [0.25, 0.3) is 0 Å². The van der Waals surface area contributed by atoms with E-state index in [2.05, 4.69) is 59.8 Å². The third-order valence-electron chi connectivity index (χ3n) is 11.6. The van der Waals surface area contributed by atoms with E-state index in [4.69, 9.17) is 39.5 Å². The van der Waals surface area contributed by atoms with E-state index in [0.717, 1.165) is 42.9 Å². The fourth-order valence-corrected chi connectivity index (χ4v) is 9.58. The second-order valence-electron chi connectivity index (χ2n) is 13.7. The van der Waals surface area contributed by atoms with Gasteiger partial charge in [-0.05, 0) is 104 Å². The number of esters is 1. The summed E-state index contributed by atoms with van der Waals surface area (Å²) in [6, 6.07) is 0. The number of carbonyl (C=O) groups excluding carboxylic acids is 1. The lowest BCUT2D eigenvalue weighted by molar-refractivity contribution is -0.150. The van der Waals surface area contributed by atoms with Gasteiger partial charge < -0.3 is 4.74 Å². The van der Waals surface area contributed by atoms with Crippen molar-refractivity contribution < 1.29 is 9.53 Å². The van der Waals surface area contributed by atoms with Crippen LogP contribution < -0.4 is 0 Å². The Morgan fingerprint density at radius 1 is 1.05 bits per heavy atom. The quantitative estimate of drug-likeness (QED) is 0.210. The number of rotatable bonds is 8. The highest BCUT2D eigenvalue weighted by Gasteiger charge is 2.59. The van der Waals surface area contributed by atoms with Gasteiger partial charge in [0.2, 0.25) is 0 Å². The summed E-state index contributed by atoms with van der Waals surface area (Å²) in [6.07, 6.45) is 18.3. The molecule has 3 saturated carbocycles. The summed E-state index contributed by atoms with van der Waals surface area (Å²) in [7, 11) is 0. The van der Waals surface area contributed by atoms with Gasteiger partial charge in [-0.1, -0.05) is 100 Å². The zero-order chi connectivity index (χ0) is 27.8. The van der Waals surface area contributed by atoms with E-state index in [-0.39, 0.29) is 33.4 Å². The third-order valence-corrected chi connectivity index (χ3v) is 12.5. The molecule has 0 aromatic heterocycles. The van der Waals surface area contributed by atoms with Crippen molar-refractivity contribution in [2.24, 2.45) is 52.3 Å². The molecule has 3 fully saturated rings. The molecule has 0 spiro atoms. The molecule has 2 nitrogen and oxygen atoms in total. The van der Waals surface area contributed by atoms with Crippen molar-refractivity contribution in [3.63, 3.8) is 0 Å². The lowest BCUT2D eigenvalue weighted by Gasteiger charge is -2.58. The molecular weight excluding hydrogens is 535 g/mol. The van der Waals surface area contributed by atoms with Crippen LogP contribution in [0.15, 0.2) is 33.3 Å². The van der Waals surface area contributed by atoms with E-state index in [1.165, 1.54) is 44.1 Å². The van der Waals surface area contributed by atoms with Crippen molar-refractivity contribution >= 4 is 40.8 Å². The van der Waals surface area contributed by atoms with Crippen LogP contribution in [-0.2, 0) is 9.53 Å². The Hall–Kier alpha value is -0.440. The first kappa shape index (κ1) is 30.5. The number of carbonyl (C=O) groups is 1. The number of allylic oxidation sites excluding steroid dienone is 3. The van der Waals surface area contributed by atoms with E-state index < -0.39 is 0 Å². The standard InChI is InChI=1S/C33H49Cl3O2/c1-7-22(20(2)3)9-8-21(4)26-12-13-27-25-11-10-23-18-24(38-30(37)19-29(34)31(35)36)14-16-32(23,5)28(25)15-17-33(26,27)6/h8-10,20-22,24-28H,7,11-19H2,1-6H3/b9-8+/t21-,22-,24+,25+,26-,27-,28+,32+,33-/m1/s1. The Labute approximate surface area is 247 Å². The minimum Gasteiger partial charge on any atom is -0.462 e. The summed E-state index contributed by atoms with van der Waals surface area (Å²) >= 11 is 17.4. The van der Waals surface area contributed by atoms with Gasteiger partial charge in [0.05, 0.1) is 11.5 Å². The summed E-state index contributed by atoms with van der Waals surface area (Å²) in [5.41, 5.74) is 2.21. The predicted octanol–water partition coefficient (Wildman–Crippen LogP) is 10.6. The molecule has 0 saturated heterocycles. The first-order valence-corrected chi connectivity index (χ1v) is 16.3. The molecule has 5 heteroatoms. The fourth-order valence-electron chi connectivity index (χ4n) is 9.34. The fraction of sp³-hybridized carbons (Fsp3) is 0.788. The zero-order valence-corrected chi connectivity index (χ0v) is 26.6. The second-order valence-corrected chi connectivity index (χ2v) is 15.2. The van der Waals surface area contributed by atoms with Crippen LogP contribution >= 0.6 is 34.8 Å². The minimum atomic E-state index is -0.344. The highest BCUT2D eigenvalue weighted by atomic mass is 35.5. The molecule has 0 amide bonds. The summed E-state index contributed by atoms with van der Waals surface area (Å²) in [4.78, 5) is 12.4. The van der Waals surface area contributed by atoms with Crippen LogP contribution in [0, 0.1) is 52.3 Å². The molecule has 214 valence electrons. The van der Waals surface area contributed by atoms with Gasteiger partial charge in [-0.25, -0.2) is 0 Å². The Kier molecular flexibility index (Phi) is 9.80. The predicted molar refractivity (Wildman–Crippen MR) is 161 cm³/mol. The number of ether oxygens (including phenoxy) is 1. The maximum Gasteiger partial charge on any atom is 0.311 e. The molecule has 0 heterocycles.